The third-order valence-corrected chi connectivity index (χ3v) is 2.52. The van der Waals surface area contributed by atoms with Crippen molar-refractivity contribution in [2.24, 2.45) is 7.05 Å². The SMILES string of the molecule is CCC(CCCl)NCc1cnn(C)c1. The summed E-state index contributed by atoms with van der Waals surface area (Å²) < 4.78 is 1.82. The smallest absolute Gasteiger partial charge is 0.0534 e. The van der Waals surface area contributed by atoms with Crippen LogP contribution in [0.4, 0.5) is 0 Å². The zero-order valence-electron chi connectivity index (χ0n) is 8.83. The standard InChI is InChI=1S/C10H18ClN3/c1-3-10(4-5-11)12-6-9-7-13-14(2)8-9/h7-8,10,12H,3-6H2,1-2H3. The molecular formula is C10H18ClN3. The van der Waals surface area contributed by atoms with Crippen LogP contribution in [0.5, 0.6) is 0 Å². The van der Waals surface area contributed by atoms with Gasteiger partial charge in [-0.2, -0.15) is 5.10 Å². The molecule has 4 heteroatoms. The van der Waals surface area contributed by atoms with E-state index in [1.165, 1.54) is 5.56 Å². The Morgan fingerprint density at radius 3 is 2.93 bits per heavy atom. The Morgan fingerprint density at radius 1 is 1.64 bits per heavy atom. The van der Waals surface area contributed by atoms with Gasteiger partial charge in [0.1, 0.15) is 0 Å². The van der Waals surface area contributed by atoms with Crippen molar-refractivity contribution < 1.29 is 0 Å². The maximum Gasteiger partial charge on any atom is 0.0534 e. The highest BCUT2D eigenvalue weighted by Crippen LogP contribution is 2.02. The zero-order valence-corrected chi connectivity index (χ0v) is 9.59. The first-order chi connectivity index (χ1) is 6.76. The van der Waals surface area contributed by atoms with Crippen molar-refractivity contribution in [3.63, 3.8) is 0 Å². The first kappa shape index (κ1) is 11.5. The van der Waals surface area contributed by atoms with Crippen LogP contribution in [-0.2, 0) is 13.6 Å². The number of aromatic nitrogens is 2. The van der Waals surface area contributed by atoms with Crippen LogP contribution in [0.1, 0.15) is 25.3 Å². The highest BCUT2D eigenvalue weighted by molar-refractivity contribution is 6.17. The molecule has 1 atom stereocenters. The Kier molecular flexibility index (Phi) is 4.98. The van der Waals surface area contributed by atoms with Crippen LogP contribution in [0.15, 0.2) is 12.4 Å². The lowest BCUT2D eigenvalue weighted by Crippen LogP contribution is -2.28. The number of hydrogen-bond acceptors (Lipinski definition) is 2. The summed E-state index contributed by atoms with van der Waals surface area (Å²) in [6.07, 6.45) is 6.06. The van der Waals surface area contributed by atoms with Gasteiger partial charge in [0, 0.05) is 37.3 Å². The highest BCUT2D eigenvalue weighted by atomic mass is 35.5. The minimum absolute atomic E-state index is 0.521. The predicted octanol–water partition coefficient (Wildman–Crippen LogP) is 1.92. The molecule has 1 unspecified atom stereocenters. The number of nitrogens with zero attached hydrogens (tertiary/aromatic N) is 2. The molecule has 0 radical (unpaired) electrons. The van der Waals surface area contributed by atoms with Gasteiger partial charge < -0.3 is 5.32 Å². The number of hydrogen-bond donors (Lipinski definition) is 1. The van der Waals surface area contributed by atoms with Crippen LogP contribution in [0.3, 0.4) is 0 Å². The lowest BCUT2D eigenvalue weighted by molar-refractivity contribution is 0.486. The normalized spacial score (nSPS) is 13.1. The van der Waals surface area contributed by atoms with E-state index in [0.717, 1.165) is 25.3 Å². The second kappa shape index (κ2) is 6.04. The fourth-order valence-corrected chi connectivity index (χ4v) is 1.67. The highest BCUT2D eigenvalue weighted by Gasteiger charge is 2.04. The van der Waals surface area contributed by atoms with Crippen LogP contribution < -0.4 is 5.32 Å². The molecule has 0 aliphatic rings. The van der Waals surface area contributed by atoms with E-state index in [1.54, 1.807) is 0 Å². The summed E-state index contributed by atoms with van der Waals surface area (Å²) in [5.74, 6) is 0.721. The van der Waals surface area contributed by atoms with Crippen molar-refractivity contribution in [2.75, 3.05) is 5.88 Å². The van der Waals surface area contributed by atoms with Crippen LogP contribution in [-0.4, -0.2) is 21.7 Å². The first-order valence-corrected chi connectivity index (χ1v) is 5.56. The van der Waals surface area contributed by atoms with Crippen LogP contribution in [0.25, 0.3) is 0 Å². The van der Waals surface area contributed by atoms with Crippen LogP contribution in [0, 0.1) is 0 Å². The van der Waals surface area contributed by atoms with Gasteiger partial charge in [-0.1, -0.05) is 6.92 Å². The molecule has 0 aliphatic heterocycles. The third-order valence-electron chi connectivity index (χ3n) is 2.30. The van der Waals surface area contributed by atoms with Crippen molar-refractivity contribution in [3.8, 4) is 0 Å². The molecule has 1 aromatic rings. The summed E-state index contributed by atoms with van der Waals surface area (Å²) in [5, 5.41) is 7.58. The molecule has 1 heterocycles. The Balaban J connectivity index is 2.31. The Hall–Kier alpha value is -0.540. The van der Waals surface area contributed by atoms with E-state index < -0.39 is 0 Å². The molecule has 0 aliphatic carbocycles. The minimum atomic E-state index is 0.521. The fourth-order valence-electron chi connectivity index (χ4n) is 1.41. The summed E-state index contributed by atoms with van der Waals surface area (Å²) in [6.45, 7) is 3.05. The maximum absolute atomic E-state index is 5.70. The van der Waals surface area contributed by atoms with E-state index in [4.69, 9.17) is 11.6 Å². The molecular weight excluding hydrogens is 198 g/mol. The molecule has 0 fully saturated rings. The summed E-state index contributed by atoms with van der Waals surface area (Å²) >= 11 is 5.70. The molecule has 1 N–H and O–H groups in total. The van der Waals surface area contributed by atoms with E-state index in [9.17, 15) is 0 Å². The van der Waals surface area contributed by atoms with Gasteiger partial charge in [-0.25, -0.2) is 0 Å². The Labute approximate surface area is 90.4 Å². The molecule has 0 saturated carbocycles. The van der Waals surface area contributed by atoms with E-state index in [0.29, 0.717) is 6.04 Å². The van der Waals surface area contributed by atoms with Gasteiger partial charge in [0.2, 0.25) is 0 Å². The molecule has 80 valence electrons. The van der Waals surface area contributed by atoms with Gasteiger partial charge in [-0.15, -0.1) is 11.6 Å². The molecule has 1 rings (SSSR count). The van der Waals surface area contributed by atoms with Gasteiger partial charge in [0.25, 0.3) is 0 Å². The Morgan fingerprint density at radius 2 is 2.43 bits per heavy atom. The van der Waals surface area contributed by atoms with Gasteiger partial charge in [0.15, 0.2) is 0 Å². The van der Waals surface area contributed by atoms with Crippen molar-refractivity contribution in [2.45, 2.75) is 32.4 Å². The van der Waals surface area contributed by atoms with Gasteiger partial charge in [-0.05, 0) is 12.8 Å². The Bertz CT molecular complexity index is 260. The van der Waals surface area contributed by atoms with E-state index in [1.807, 2.05) is 24.1 Å². The van der Waals surface area contributed by atoms with Crippen molar-refractivity contribution in [1.82, 2.24) is 15.1 Å². The van der Waals surface area contributed by atoms with Crippen molar-refractivity contribution in [1.29, 1.82) is 0 Å². The molecule has 0 amide bonds. The average Bonchev–Trinajstić information content (AvgIpc) is 2.59. The number of aryl methyl sites for hydroxylation is 1. The summed E-state index contributed by atoms with van der Waals surface area (Å²) in [4.78, 5) is 0. The minimum Gasteiger partial charge on any atom is -0.310 e. The summed E-state index contributed by atoms with van der Waals surface area (Å²) in [5.41, 5.74) is 1.22. The summed E-state index contributed by atoms with van der Waals surface area (Å²) in [7, 11) is 1.93. The number of halogens is 1. The molecule has 14 heavy (non-hydrogen) atoms. The lowest BCUT2D eigenvalue weighted by Gasteiger charge is -2.14. The van der Waals surface area contributed by atoms with Crippen molar-refractivity contribution >= 4 is 11.6 Å². The molecule has 0 aromatic carbocycles. The predicted molar refractivity (Wildman–Crippen MR) is 59.5 cm³/mol. The van der Waals surface area contributed by atoms with Crippen LogP contribution in [0.2, 0.25) is 0 Å². The molecule has 0 saturated heterocycles. The quantitative estimate of drug-likeness (QED) is 0.735. The lowest BCUT2D eigenvalue weighted by atomic mass is 10.1. The van der Waals surface area contributed by atoms with E-state index in [-0.39, 0.29) is 0 Å². The zero-order chi connectivity index (χ0) is 10.4. The third kappa shape index (κ3) is 3.68. The number of alkyl halides is 1. The van der Waals surface area contributed by atoms with Gasteiger partial charge >= 0.3 is 0 Å². The second-order valence-corrected chi connectivity index (χ2v) is 3.86. The topological polar surface area (TPSA) is 29.9 Å². The maximum atomic E-state index is 5.70. The van der Waals surface area contributed by atoms with Crippen LogP contribution >= 0.6 is 11.6 Å². The molecule has 3 nitrogen and oxygen atoms in total. The van der Waals surface area contributed by atoms with Gasteiger partial charge in [-0.3, -0.25) is 4.68 Å². The van der Waals surface area contributed by atoms with Gasteiger partial charge in [0.05, 0.1) is 6.20 Å². The number of nitrogens with one attached hydrogen (secondary N) is 1. The van der Waals surface area contributed by atoms with E-state index >= 15 is 0 Å². The van der Waals surface area contributed by atoms with Crippen molar-refractivity contribution in [3.05, 3.63) is 18.0 Å². The fraction of sp³-hybridized carbons (Fsp3) is 0.700. The number of rotatable bonds is 6. The second-order valence-electron chi connectivity index (χ2n) is 3.49. The largest absolute Gasteiger partial charge is 0.310 e. The summed E-state index contributed by atoms with van der Waals surface area (Å²) in [6, 6.07) is 0.521. The van der Waals surface area contributed by atoms with E-state index in [2.05, 4.69) is 17.3 Å². The molecule has 0 spiro atoms. The average molecular weight is 216 g/mol. The monoisotopic (exact) mass is 215 g/mol. The molecule has 1 aromatic heterocycles. The molecule has 0 bridgehead atoms. The first-order valence-electron chi connectivity index (χ1n) is 5.03.